The van der Waals surface area contributed by atoms with Gasteiger partial charge >= 0.3 is 0 Å². The molecule has 5 heteroatoms. The summed E-state index contributed by atoms with van der Waals surface area (Å²) in [7, 11) is 1.88. The molecule has 0 saturated carbocycles. The van der Waals surface area contributed by atoms with Crippen LogP contribution in [0.1, 0.15) is 24.6 Å². The van der Waals surface area contributed by atoms with Crippen molar-refractivity contribution in [1.29, 1.82) is 0 Å². The maximum absolute atomic E-state index is 12.8. The van der Waals surface area contributed by atoms with Crippen LogP contribution in [-0.2, 0) is 0 Å². The molecule has 18 heavy (non-hydrogen) atoms. The molecule has 0 bridgehead atoms. The van der Waals surface area contributed by atoms with Gasteiger partial charge in [0.25, 0.3) is 0 Å². The van der Waals surface area contributed by atoms with Gasteiger partial charge < -0.3 is 15.3 Å². The fourth-order valence-corrected chi connectivity index (χ4v) is 2.36. The highest BCUT2D eigenvalue weighted by molar-refractivity contribution is 5.09. The third kappa shape index (κ3) is 3.48. The number of nitrogens with one attached hydrogen (secondary N) is 1. The lowest BCUT2D eigenvalue weighted by Crippen LogP contribution is -2.28. The van der Waals surface area contributed by atoms with E-state index in [0.717, 1.165) is 38.2 Å². The number of pyridine rings is 1. The summed E-state index contributed by atoms with van der Waals surface area (Å²) >= 11 is 0. The first-order chi connectivity index (χ1) is 8.69. The van der Waals surface area contributed by atoms with Crippen LogP contribution < -0.4 is 5.32 Å². The molecule has 0 aliphatic carbocycles. The molecule has 0 amide bonds. The average molecular weight is 253 g/mol. The number of nitrogens with zero attached hydrogens (tertiary/aromatic N) is 2. The van der Waals surface area contributed by atoms with Gasteiger partial charge in [0.05, 0.1) is 24.0 Å². The van der Waals surface area contributed by atoms with Gasteiger partial charge in [-0.15, -0.1) is 0 Å². The second-order valence-corrected chi connectivity index (χ2v) is 4.77. The molecule has 2 unspecified atom stereocenters. The van der Waals surface area contributed by atoms with Gasteiger partial charge in [-0.25, -0.2) is 4.39 Å². The second kappa shape index (κ2) is 6.22. The topological polar surface area (TPSA) is 48.4 Å². The first kappa shape index (κ1) is 13.4. The number of aliphatic hydroxyl groups excluding tert-OH is 1. The van der Waals surface area contributed by atoms with Gasteiger partial charge in [0, 0.05) is 19.6 Å². The van der Waals surface area contributed by atoms with Crippen molar-refractivity contribution >= 4 is 0 Å². The first-order valence-electron chi connectivity index (χ1n) is 6.38. The van der Waals surface area contributed by atoms with E-state index < -0.39 is 0 Å². The van der Waals surface area contributed by atoms with Crippen LogP contribution in [0, 0.1) is 5.82 Å². The van der Waals surface area contributed by atoms with E-state index in [-0.39, 0.29) is 18.0 Å². The quantitative estimate of drug-likeness (QED) is 0.820. The second-order valence-electron chi connectivity index (χ2n) is 4.77. The Bertz CT molecular complexity index is 371. The van der Waals surface area contributed by atoms with Crippen molar-refractivity contribution in [3.05, 3.63) is 29.8 Å². The molecule has 0 aromatic carbocycles. The number of β-amino-alcohol motifs (C(OH)–C–C–N with tert-alkyl or cyclic N) is 1. The summed E-state index contributed by atoms with van der Waals surface area (Å²) in [6, 6.07) is 3.28. The zero-order valence-electron chi connectivity index (χ0n) is 10.6. The van der Waals surface area contributed by atoms with Crippen molar-refractivity contribution in [2.45, 2.75) is 25.0 Å². The number of likely N-dealkylation sites (tertiary alicyclic amines) is 1. The van der Waals surface area contributed by atoms with Crippen molar-refractivity contribution in [3.63, 3.8) is 0 Å². The van der Waals surface area contributed by atoms with Gasteiger partial charge in [-0.2, -0.15) is 0 Å². The Kier molecular flexibility index (Phi) is 4.63. The molecule has 0 radical (unpaired) electrons. The summed E-state index contributed by atoms with van der Waals surface area (Å²) in [5.74, 6) is -0.309. The molecule has 1 aliphatic rings. The van der Waals surface area contributed by atoms with E-state index in [0.29, 0.717) is 0 Å². The van der Waals surface area contributed by atoms with E-state index in [4.69, 9.17) is 0 Å². The number of hydrogen-bond donors (Lipinski definition) is 2. The molecule has 2 N–H and O–H groups in total. The van der Waals surface area contributed by atoms with E-state index in [2.05, 4.69) is 15.2 Å². The van der Waals surface area contributed by atoms with Gasteiger partial charge in [-0.05, 0) is 32.0 Å². The van der Waals surface area contributed by atoms with Crippen molar-refractivity contribution in [2.75, 3.05) is 26.7 Å². The first-order valence-corrected chi connectivity index (χ1v) is 6.38. The van der Waals surface area contributed by atoms with E-state index in [9.17, 15) is 9.50 Å². The maximum atomic E-state index is 12.8. The van der Waals surface area contributed by atoms with E-state index in [1.54, 1.807) is 6.07 Å². The molecule has 1 saturated heterocycles. The lowest BCUT2D eigenvalue weighted by atomic mass is 10.1. The van der Waals surface area contributed by atoms with Crippen LogP contribution in [0.15, 0.2) is 18.3 Å². The lowest BCUT2D eigenvalue weighted by Gasteiger charge is -2.20. The molecule has 2 heterocycles. The lowest BCUT2D eigenvalue weighted by molar-refractivity contribution is 0.174. The number of halogens is 1. The van der Waals surface area contributed by atoms with E-state index >= 15 is 0 Å². The summed E-state index contributed by atoms with van der Waals surface area (Å²) in [6.45, 7) is 2.63. The highest BCUT2D eigenvalue weighted by Crippen LogP contribution is 2.17. The standard InChI is InChI=1S/C13H20FN3O/c1-15-12(13-3-2-10(14)8-16-13)5-7-17-6-4-11(18)9-17/h2-3,8,11-12,15,18H,4-7,9H2,1H3. The summed E-state index contributed by atoms with van der Waals surface area (Å²) in [5, 5.41) is 12.7. The Morgan fingerprint density at radius 2 is 2.44 bits per heavy atom. The predicted octanol–water partition coefficient (Wildman–Crippen LogP) is 0.938. The number of aliphatic hydroxyl groups is 1. The van der Waals surface area contributed by atoms with Gasteiger partial charge in [0.2, 0.25) is 0 Å². The highest BCUT2D eigenvalue weighted by Gasteiger charge is 2.21. The molecule has 0 spiro atoms. The summed E-state index contributed by atoms with van der Waals surface area (Å²) in [4.78, 5) is 6.35. The SMILES string of the molecule is CNC(CCN1CCC(O)C1)c1ccc(F)cn1. The van der Waals surface area contributed by atoms with Crippen LogP contribution in [0.3, 0.4) is 0 Å². The zero-order valence-corrected chi connectivity index (χ0v) is 10.6. The normalized spacial score (nSPS) is 22.3. The van der Waals surface area contributed by atoms with Gasteiger partial charge in [0.1, 0.15) is 5.82 Å². The molecular weight excluding hydrogens is 233 g/mol. The van der Waals surface area contributed by atoms with Crippen molar-refractivity contribution < 1.29 is 9.50 Å². The van der Waals surface area contributed by atoms with Crippen LogP contribution in [0.25, 0.3) is 0 Å². The minimum absolute atomic E-state index is 0.128. The van der Waals surface area contributed by atoms with Crippen LogP contribution in [0.5, 0.6) is 0 Å². The molecule has 4 nitrogen and oxygen atoms in total. The Balaban J connectivity index is 1.87. The van der Waals surface area contributed by atoms with Crippen molar-refractivity contribution in [3.8, 4) is 0 Å². The van der Waals surface area contributed by atoms with Crippen LogP contribution >= 0.6 is 0 Å². The number of aromatic nitrogens is 1. The van der Waals surface area contributed by atoms with Crippen LogP contribution in [-0.4, -0.2) is 47.8 Å². The van der Waals surface area contributed by atoms with Gasteiger partial charge in [-0.1, -0.05) is 0 Å². The molecule has 1 aromatic rings. The Morgan fingerprint density at radius 3 is 3.00 bits per heavy atom. The molecular formula is C13H20FN3O. The fourth-order valence-electron chi connectivity index (χ4n) is 2.36. The number of rotatable bonds is 5. The van der Waals surface area contributed by atoms with Crippen molar-refractivity contribution in [1.82, 2.24) is 15.2 Å². The Hall–Kier alpha value is -1.04. The molecule has 1 aromatic heterocycles. The summed E-state index contributed by atoms with van der Waals surface area (Å²) < 4.78 is 12.8. The van der Waals surface area contributed by atoms with E-state index in [1.165, 1.54) is 12.3 Å². The van der Waals surface area contributed by atoms with Gasteiger partial charge in [0.15, 0.2) is 0 Å². The highest BCUT2D eigenvalue weighted by atomic mass is 19.1. The molecule has 2 rings (SSSR count). The summed E-state index contributed by atoms with van der Waals surface area (Å²) in [6.07, 6.45) is 2.84. The third-order valence-corrected chi connectivity index (χ3v) is 3.44. The van der Waals surface area contributed by atoms with Crippen molar-refractivity contribution in [2.24, 2.45) is 0 Å². The summed E-state index contributed by atoms with van der Waals surface area (Å²) in [5.41, 5.74) is 0.860. The van der Waals surface area contributed by atoms with Crippen LogP contribution in [0.2, 0.25) is 0 Å². The third-order valence-electron chi connectivity index (χ3n) is 3.44. The maximum Gasteiger partial charge on any atom is 0.141 e. The minimum Gasteiger partial charge on any atom is -0.392 e. The predicted molar refractivity (Wildman–Crippen MR) is 67.7 cm³/mol. The Labute approximate surface area is 107 Å². The molecule has 1 fully saturated rings. The zero-order chi connectivity index (χ0) is 13.0. The molecule has 2 atom stereocenters. The van der Waals surface area contributed by atoms with E-state index in [1.807, 2.05) is 7.05 Å². The largest absolute Gasteiger partial charge is 0.392 e. The minimum atomic E-state index is -0.309. The Morgan fingerprint density at radius 1 is 1.61 bits per heavy atom. The average Bonchev–Trinajstić information content (AvgIpc) is 2.78. The van der Waals surface area contributed by atoms with Gasteiger partial charge in [-0.3, -0.25) is 4.98 Å². The van der Waals surface area contributed by atoms with Crippen LogP contribution in [0.4, 0.5) is 4.39 Å². The monoisotopic (exact) mass is 253 g/mol. The number of hydrogen-bond acceptors (Lipinski definition) is 4. The fraction of sp³-hybridized carbons (Fsp3) is 0.615. The smallest absolute Gasteiger partial charge is 0.141 e. The molecule has 1 aliphatic heterocycles. The molecule has 100 valence electrons.